The smallest absolute Gasteiger partial charge is 0.453 e. The molecule has 0 saturated heterocycles. The Morgan fingerprint density at radius 1 is 1.18 bits per heavy atom. The van der Waals surface area contributed by atoms with E-state index in [1.807, 2.05) is 0 Å². The van der Waals surface area contributed by atoms with Crippen molar-refractivity contribution >= 4 is 29.0 Å². The number of aromatic nitrogens is 4. The number of methoxy groups -OCH3 is 2. The molecule has 1 aromatic carbocycles. The lowest BCUT2D eigenvalue weighted by Crippen LogP contribution is -2.15. The monoisotopic (exact) mass is 413 g/mol. The third-order valence-electron chi connectivity index (χ3n) is 3.53. The molecule has 3 rings (SSSR count). The van der Waals surface area contributed by atoms with Crippen LogP contribution in [0.5, 0.6) is 11.5 Å². The second-order valence-electron chi connectivity index (χ2n) is 5.37. The minimum atomic E-state index is -4.68. The number of nitrogens with zero attached hydrogens (tertiary/aromatic N) is 4. The van der Waals surface area contributed by atoms with Gasteiger partial charge in [-0.05, 0) is 24.3 Å². The van der Waals surface area contributed by atoms with Crippen LogP contribution in [0.2, 0.25) is 0 Å². The van der Waals surface area contributed by atoms with Crippen LogP contribution >= 0.6 is 11.8 Å². The maximum Gasteiger partial charge on any atom is 0.453 e. The molecule has 0 radical (unpaired) electrons. The Labute approximate surface area is 161 Å². The van der Waals surface area contributed by atoms with Crippen LogP contribution in [0.25, 0.3) is 5.65 Å². The number of halogens is 3. The van der Waals surface area contributed by atoms with E-state index < -0.39 is 12.0 Å². The van der Waals surface area contributed by atoms with Gasteiger partial charge in [0.05, 0.1) is 25.7 Å². The van der Waals surface area contributed by atoms with E-state index in [9.17, 15) is 18.0 Å². The lowest BCUT2D eigenvalue weighted by molar-refractivity contribution is -0.146. The highest BCUT2D eigenvalue weighted by atomic mass is 32.2. The Balaban J connectivity index is 1.69. The molecule has 2 aromatic heterocycles. The third-order valence-corrected chi connectivity index (χ3v) is 4.45. The van der Waals surface area contributed by atoms with Gasteiger partial charge in [0.1, 0.15) is 16.5 Å². The van der Waals surface area contributed by atoms with E-state index >= 15 is 0 Å². The second-order valence-corrected chi connectivity index (χ2v) is 6.36. The Bertz CT molecular complexity index is 1010. The quantitative estimate of drug-likeness (QED) is 0.622. The highest BCUT2D eigenvalue weighted by Gasteiger charge is 2.37. The Morgan fingerprint density at radius 2 is 1.96 bits per heavy atom. The molecule has 0 saturated carbocycles. The Kier molecular flexibility index (Phi) is 5.58. The van der Waals surface area contributed by atoms with Crippen molar-refractivity contribution in [1.29, 1.82) is 0 Å². The number of anilines is 1. The lowest BCUT2D eigenvalue weighted by Gasteiger charge is -2.11. The SMILES string of the molecule is COc1ccc(NC(=O)CSc2ccc3nnc(C(F)(F)F)n3n2)c(OC)c1. The van der Waals surface area contributed by atoms with Gasteiger partial charge in [0.2, 0.25) is 5.91 Å². The summed E-state index contributed by atoms with van der Waals surface area (Å²) >= 11 is 0.974. The molecule has 2 heterocycles. The normalized spacial score (nSPS) is 11.5. The van der Waals surface area contributed by atoms with Gasteiger partial charge in [-0.2, -0.15) is 22.8 Å². The highest BCUT2D eigenvalue weighted by Crippen LogP contribution is 2.30. The van der Waals surface area contributed by atoms with Crippen LogP contribution in [0.4, 0.5) is 18.9 Å². The van der Waals surface area contributed by atoms with E-state index in [0.717, 1.165) is 11.8 Å². The zero-order valence-corrected chi connectivity index (χ0v) is 15.5. The van der Waals surface area contributed by atoms with Crippen LogP contribution in [-0.4, -0.2) is 45.7 Å². The molecule has 0 aliphatic rings. The number of benzene rings is 1. The molecule has 8 nitrogen and oxygen atoms in total. The van der Waals surface area contributed by atoms with E-state index in [1.54, 1.807) is 18.2 Å². The first-order valence-corrected chi connectivity index (χ1v) is 8.74. The average molecular weight is 413 g/mol. The molecule has 0 bridgehead atoms. The Morgan fingerprint density at radius 3 is 2.64 bits per heavy atom. The number of amides is 1. The molecule has 1 amide bonds. The van der Waals surface area contributed by atoms with Crippen LogP contribution in [0.1, 0.15) is 5.82 Å². The predicted octanol–water partition coefficient (Wildman–Crippen LogP) is 2.89. The number of thioether (sulfide) groups is 1. The van der Waals surface area contributed by atoms with Gasteiger partial charge < -0.3 is 14.8 Å². The summed E-state index contributed by atoms with van der Waals surface area (Å²) in [7, 11) is 2.96. The van der Waals surface area contributed by atoms with Crippen molar-refractivity contribution in [3.8, 4) is 11.5 Å². The molecule has 0 aliphatic heterocycles. The van der Waals surface area contributed by atoms with E-state index in [2.05, 4.69) is 20.6 Å². The van der Waals surface area contributed by atoms with Crippen molar-refractivity contribution in [2.45, 2.75) is 11.2 Å². The third kappa shape index (κ3) is 4.27. The van der Waals surface area contributed by atoms with Gasteiger partial charge in [0, 0.05) is 6.07 Å². The number of carbonyl (C=O) groups excluding carboxylic acids is 1. The van der Waals surface area contributed by atoms with Crippen molar-refractivity contribution in [3.63, 3.8) is 0 Å². The summed E-state index contributed by atoms with van der Waals surface area (Å²) in [5.74, 6) is -0.697. The van der Waals surface area contributed by atoms with Crippen LogP contribution in [0.3, 0.4) is 0 Å². The molecule has 1 N–H and O–H groups in total. The topological polar surface area (TPSA) is 90.6 Å². The van der Waals surface area contributed by atoms with E-state index in [1.165, 1.54) is 26.4 Å². The van der Waals surface area contributed by atoms with Gasteiger partial charge in [0.15, 0.2) is 5.65 Å². The summed E-state index contributed by atoms with van der Waals surface area (Å²) in [6.07, 6.45) is -4.68. The molecule has 0 fully saturated rings. The van der Waals surface area contributed by atoms with Crippen LogP contribution in [-0.2, 0) is 11.0 Å². The number of hydrogen-bond acceptors (Lipinski definition) is 7. The van der Waals surface area contributed by atoms with Crippen molar-refractivity contribution in [2.75, 3.05) is 25.3 Å². The average Bonchev–Trinajstić information content (AvgIpc) is 3.10. The number of fused-ring (bicyclic) bond motifs is 1. The lowest BCUT2D eigenvalue weighted by atomic mass is 10.2. The summed E-state index contributed by atoms with van der Waals surface area (Å²) in [5.41, 5.74) is 0.402. The first-order chi connectivity index (χ1) is 13.3. The summed E-state index contributed by atoms with van der Waals surface area (Å²) in [4.78, 5) is 12.2. The largest absolute Gasteiger partial charge is 0.497 e. The molecule has 0 atom stereocenters. The molecule has 28 heavy (non-hydrogen) atoms. The number of hydrogen-bond donors (Lipinski definition) is 1. The fraction of sp³-hybridized carbons (Fsp3) is 0.250. The minimum Gasteiger partial charge on any atom is -0.497 e. The van der Waals surface area contributed by atoms with E-state index in [0.29, 0.717) is 21.7 Å². The zero-order valence-electron chi connectivity index (χ0n) is 14.6. The summed E-state index contributed by atoms with van der Waals surface area (Å²) in [5, 5.41) is 13.3. The molecule has 3 aromatic rings. The van der Waals surface area contributed by atoms with Crippen LogP contribution in [0.15, 0.2) is 35.4 Å². The number of rotatable bonds is 6. The van der Waals surface area contributed by atoms with Crippen LogP contribution < -0.4 is 14.8 Å². The summed E-state index contributed by atoms with van der Waals surface area (Å²) in [6.45, 7) is 0. The maximum absolute atomic E-state index is 12.9. The highest BCUT2D eigenvalue weighted by molar-refractivity contribution is 7.99. The van der Waals surface area contributed by atoms with Crippen molar-refractivity contribution < 1.29 is 27.4 Å². The number of nitrogens with one attached hydrogen (secondary N) is 1. The van der Waals surface area contributed by atoms with Gasteiger partial charge in [-0.15, -0.1) is 10.2 Å². The molecule has 0 spiro atoms. The van der Waals surface area contributed by atoms with Gasteiger partial charge in [0.25, 0.3) is 5.82 Å². The van der Waals surface area contributed by atoms with Crippen molar-refractivity contribution in [1.82, 2.24) is 19.8 Å². The van der Waals surface area contributed by atoms with Gasteiger partial charge in [-0.3, -0.25) is 4.79 Å². The zero-order chi connectivity index (χ0) is 20.3. The fourth-order valence-electron chi connectivity index (χ4n) is 2.25. The molecular weight excluding hydrogens is 399 g/mol. The molecule has 12 heteroatoms. The molecule has 0 aliphatic carbocycles. The van der Waals surface area contributed by atoms with Crippen LogP contribution in [0, 0.1) is 0 Å². The maximum atomic E-state index is 12.9. The van der Waals surface area contributed by atoms with Gasteiger partial charge in [-0.1, -0.05) is 11.8 Å². The Hall–Kier alpha value is -3.02. The fourth-order valence-corrected chi connectivity index (χ4v) is 2.91. The summed E-state index contributed by atoms with van der Waals surface area (Å²) in [6, 6.07) is 7.71. The first kappa shape index (κ1) is 19.7. The predicted molar refractivity (Wildman–Crippen MR) is 94.7 cm³/mol. The van der Waals surface area contributed by atoms with Crippen molar-refractivity contribution in [3.05, 3.63) is 36.2 Å². The van der Waals surface area contributed by atoms with Gasteiger partial charge >= 0.3 is 6.18 Å². The van der Waals surface area contributed by atoms with E-state index in [4.69, 9.17) is 9.47 Å². The second kappa shape index (κ2) is 7.92. The van der Waals surface area contributed by atoms with E-state index in [-0.39, 0.29) is 22.3 Å². The number of carbonyl (C=O) groups is 1. The standard InChI is InChI=1S/C16H14F3N5O3S/c1-26-9-3-4-10(11(7-9)27-2)20-13(25)8-28-14-6-5-12-21-22-15(16(17,18)19)24(12)23-14/h3-7H,8H2,1-2H3,(H,20,25). The molecule has 148 valence electrons. The van der Waals surface area contributed by atoms with Gasteiger partial charge in [-0.25, -0.2) is 0 Å². The van der Waals surface area contributed by atoms with Crippen molar-refractivity contribution in [2.24, 2.45) is 0 Å². The number of alkyl halides is 3. The molecule has 0 unspecified atom stereocenters. The molecular formula is C16H14F3N5O3S. The first-order valence-electron chi connectivity index (χ1n) is 7.76. The number of ether oxygens (including phenoxy) is 2. The minimum absolute atomic E-state index is 0.0379. The summed E-state index contributed by atoms with van der Waals surface area (Å²) < 4.78 is 49.6.